The van der Waals surface area contributed by atoms with Crippen molar-refractivity contribution in [3.63, 3.8) is 0 Å². The van der Waals surface area contributed by atoms with Gasteiger partial charge in [0.2, 0.25) is 0 Å². The summed E-state index contributed by atoms with van der Waals surface area (Å²) in [5.41, 5.74) is 2.13. The second-order valence-corrected chi connectivity index (χ2v) is 6.17. The van der Waals surface area contributed by atoms with Gasteiger partial charge >= 0.3 is 0 Å². The van der Waals surface area contributed by atoms with Gasteiger partial charge < -0.3 is 0 Å². The van der Waals surface area contributed by atoms with Crippen molar-refractivity contribution in [3.8, 4) is 0 Å². The SMILES string of the molecule is CC(C)c1ccc(C(=O)CCCc2cccs2)cc1. The Morgan fingerprint density at radius 1 is 1.16 bits per heavy atom. The zero-order chi connectivity index (χ0) is 13.7. The van der Waals surface area contributed by atoms with Gasteiger partial charge in [0, 0.05) is 16.9 Å². The highest BCUT2D eigenvalue weighted by molar-refractivity contribution is 7.09. The Morgan fingerprint density at radius 2 is 1.89 bits per heavy atom. The molecule has 1 aromatic carbocycles. The highest BCUT2D eigenvalue weighted by atomic mass is 32.1. The van der Waals surface area contributed by atoms with Gasteiger partial charge in [-0.2, -0.15) is 0 Å². The molecule has 0 radical (unpaired) electrons. The minimum atomic E-state index is 0.256. The molecule has 0 aliphatic rings. The van der Waals surface area contributed by atoms with Crippen LogP contribution in [0.15, 0.2) is 41.8 Å². The van der Waals surface area contributed by atoms with Gasteiger partial charge in [0.15, 0.2) is 5.78 Å². The zero-order valence-electron chi connectivity index (χ0n) is 11.6. The van der Waals surface area contributed by atoms with Crippen LogP contribution in [0, 0.1) is 0 Å². The third-order valence-electron chi connectivity index (χ3n) is 3.31. The van der Waals surface area contributed by atoms with Gasteiger partial charge in [-0.15, -0.1) is 11.3 Å². The molecular formula is C17H20OS. The average molecular weight is 272 g/mol. The first kappa shape index (κ1) is 14.0. The predicted octanol–water partition coefficient (Wildman–Crippen LogP) is 5.08. The summed E-state index contributed by atoms with van der Waals surface area (Å²) in [6.45, 7) is 4.33. The lowest BCUT2D eigenvalue weighted by molar-refractivity contribution is 0.0980. The summed E-state index contributed by atoms with van der Waals surface area (Å²) >= 11 is 1.76. The van der Waals surface area contributed by atoms with E-state index in [4.69, 9.17) is 0 Å². The fourth-order valence-electron chi connectivity index (χ4n) is 2.08. The number of thiophene rings is 1. The quantitative estimate of drug-likeness (QED) is 0.670. The minimum Gasteiger partial charge on any atom is -0.294 e. The lowest BCUT2D eigenvalue weighted by Gasteiger charge is -2.06. The molecule has 0 amide bonds. The summed E-state index contributed by atoms with van der Waals surface area (Å²) in [4.78, 5) is 13.4. The molecule has 0 aliphatic carbocycles. The maximum Gasteiger partial charge on any atom is 0.162 e. The normalized spacial score (nSPS) is 10.9. The van der Waals surface area contributed by atoms with Crippen LogP contribution in [0.25, 0.3) is 0 Å². The summed E-state index contributed by atoms with van der Waals surface area (Å²) in [5, 5.41) is 2.09. The maximum absolute atomic E-state index is 12.1. The van der Waals surface area contributed by atoms with Gasteiger partial charge in [0.25, 0.3) is 0 Å². The van der Waals surface area contributed by atoms with Crippen LogP contribution in [0.5, 0.6) is 0 Å². The minimum absolute atomic E-state index is 0.256. The van der Waals surface area contributed by atoms with Crippen molar-refractivity contribution in [2.75, 3.05) is 0 Å². The Bertz CT molecular complexity index is 509. The first-order valence-electron chi connectivity index (χ1n) is 6.82. The number of aryl methyl sites for hydroxylation is 1. The molecule has 19 heavy (non-hydrogen) atoms. The Kier molecular flexibility index (Phi) is 4.92. The van der Waals surface area contributed by atoms with Crippen molar-refractivity contribution in [3.05, 3.63) is 57.8 Å². The molecule has 1 heterocycles. The van der Waals surface area contributed by atoms with Crippen LogP contribution in [-0.4, -0.2) is 5.78 Å². The van der Waals surface area contributed by atoms with E-state index in [0.29, 0.717) is 12.3 Å². The topological polar surface area (TPSA) is 17.1 Å². The molecule has 0 saturated carbocycles. The van der Waals surface area contributed by atoms with Crippen molar-refractivity contribution in [2.45, 2.75) is 39.0 Å². The van der Waals surface area contributed by atoms with E-state index in [1.165, 1.54) is 10.4 Å². The van der Waals surface area contributed by atoms with Crippen molar-refractivity contribution in [1.29, 1.82) is 0 Å². The summed E-state index contributed by atoms with van der Waals surface area (Å²) < 4.78 is 0. The molecular weight excluding hydrogens is 252 g/mol. The van der Waals surface area contributed by atoms with Gasteiger partial charge in [-0.3, -0.25) is 4.79 Å². The van der Waals surface area contributed by atoms with Crippen molar-refractivity contribution < 1.29 is 4.79 Å². The van der Waals surface area contributed by atoms with E-state index in [-0.39, 0.29) is 5.78 Å². The standard InChI is InChI=1S/C17H20OS/c1-13(2)14-8-10-15(11-9-14)17(18)7-3-5-16-6-4-12-19-16/h4,6,8-13H,3,5,7H2,1-2H3. The molecule has 2 aromatic rings. The molecule has 0 spiro atoms. The second kappa shape index (κ2) is 6.67. The zero-order valence-corrected chi connectivity index (χ0v) is 12.4. The summed E-state index contributed by atoms with van der Waals surface area (Å²) in [5.74, 6) is 0.773. The van der Waals surface area contributed by atoms with Gasteiger partial charge in [-0.1, -0.05) is 44.2 Å². The Morgan fingerprint density at radius 3 is 2.47 bits per heavy atom. The van der Waals surface area contributed by atoms with Crippen molar-refractivity contribution >= 4 is 17.1 Å². The van der Waals surface area contributed by atoms with E-state index in [0.717, 1.165) is 18.4 Å². The number of carbonyl (C=O) groups excluding carboxylic acids is 1. The molecule has 0 unspecified atom stereocenters. The molecule has 100 valence electrons. The molecule has 0 aliphatic heterocycles. The highest BCUT2D eigenvalue weighted by Crippen LogP contribution is 2.17. The van der Waals surface area contributed by atoms with E-state index in [9.17, 15) is 4.79 Å². The van der Waals surface area contributed by atoms with Crippen LogP contribution < -0.4 is 0 Å². The first-order valence-corrected chi connectivity index (χ1v) is 7.70. The average Bonchev–Trinajstić information content (AvgIpc) is 2.92. The smallest absolute Gasteiger partial charge is 0.162 e. The van der Waals surface area contributed by atoms with Crippen LogP contribution in [0.4, 0.5) is 0 Å². The summed E-state index contributed by atoms with van der Waals surface area (Å²) in [7, 11) is 0. The molecule has 0 saturated heterocycles. The van der Waals surface area contributed by atoms with E-state index < -0.39 is 0 Å². The summed E-state index contributed by atoms with van der Waals surface area (Å²) in [6, 6.07) is 12.2. The van der Waals surface area contributed by atoms with E-state index in [1.54, 1.807) is 11.3 Å². The fourth-order valence-corrected chi connectivity index (χ4v) is 2.83. The van der Waals surface area contributed by atoms with Gasteiger partial charge in [-0.05, 0) is 35.8 Å². The number of Topliss-reactive ketones (excluding diaryl/α,β-unsaturated/α-hetero) is 1. The van der Waals surface area contributed by atoms with Crippen molar-refractivity contribution in [1.82, 2.24) is 0 Å². The lowest BCUT2D eigenvalue weighted by atomic mass is 9.99. The predicted molar refractivity (Wildman–Crippen MR) is 82.1 cm³/mol. The highest BCUT2D eigenvalue weighted by Gasteiger charge is 2.07. The van der Waals surface area contributed by atoms with Gasteiger partial charge in [0.1, 0.15) is 0 Å². The Hall–Kier alpha value is -1.41. The number of carbonyl (C=O) groups is 1. The van der Waals surface area contributed by atoms with Crippen LogP contribution >= 0.6 is 11.3 Å². The largest absolute Gasteiger partial charge is 0.294 e. The molecule has 2 rings (SSSR count). The molecule has 0 N–H and O–H groups in total. The van der Waals surface area contributed by atoms with Crippen LogP contribution in [0.1, 0.15) is 53.4 Å². The fraction of sp³-hybridized carbons (Fsp3) is 0.353. The molecule has 1 aromatic heterocycles. The summed E-state index contributed by atoms with van der Waals surface area (Å²) in [6.07, 6.45) is 2.58. The maximum atomic E-state index is 12.1. The molecule has 1 nitrogen and oxygen atoms in total. The number of rotatable bonds is 6. The van der Waals surface area contributed by atoms with Crippen LogP contribution in [0.3, 0.4) is 0 Å². The first-order chi connectivity index (χ1) is 9.16. The van der Waals surface area contributed by atoms with E-state index in [1.807, 2.05) is 12.1 Å². The van der Waals surface area contributed by atoms with Gasteiger partial charge in [-0.25, -0.2) is 0 Å². The monoisotopic (exact) mass is 272 g/mol. The molecule has 0 atom stereocenters. The number of ketones is 1. The van der Waals surface area contributed by atoms with Gasteiger partial charge in [0.05, 0.1) is 0 Å². The number of hydrogen-bond donors (Lipinski definition) is 0. The molecule has 2 heteroatoms. The number of benzene rings is 1. The van der Waals surface area contributed by atoms with Crippen molar-refractivity contribution in [2.24, 2.45) is 0 Å². The van der Waals surface area contributed by atoms with Crippen LogP contribution in [0.2, 0.25) is 0 Å². The number of hydrogen-bond acceptors (Lipinski definition) is 2. The second-order valence-electron chi connectivity index (χ2n) is 5.13. The van der Waals surface area contributed by atoms with E-state index >= 15 is 0 Å². The van der Waals surface area contributed by atoms with E-state index in [2.05, 4.69) is 43.5 Å². The third-order valence-corrected chi connectivity index (χ3v) is 4.24. The molecule has 0 fully saturated rings. The third kappa shape index (κ3) is 4.03. The lowest BCUT2D eigenvalue weighted by Crippen LogP contribution is -2.00. The Balaban J connectivity index is 1.85. The molecule has 0 bridgehead atoms. The van der Waals surface area contributed by atoms with Crippen LogP contribution in [-0.2, 0) is 6.42 Å². The Labute approximate surface area is 119 Å².